The van der Waals surface area contributed by atoms with E-state index in [2.05, 4.69) is 11.8 Å². The number of nitrogens with zero attached hydrogens (tertiary/aromatic N) is 1. The highest BCUT2D eigenvalue weighted by Crippen LogP contribution is 2.32. The maximum absolute atomic E-state index is 13.2. The topological polar surface area (TPSA) is 53.1 Å². The number of halogens is 1. The smallest absolute Gasteiger partial charge is 0.125 e. The zero-order valence-electron chi connectivity index (χ0n) is 10.0. The molecule has 0 atom stereocenters. The molecule has 3 nitrogen and oxygen atoms in total. The van der Waals surface area contributed by atoms with Crippen LogP contribution in [0.3, 0.4) is 0 Å². The van der Waals surface area contributed by atoms with Gasteiger partial charge in [-0.25, -0.2) is 4.39 Å². The molecular weight excluding hydrogens is 217 g/mol. The number of nitrogens with one attached hydrogen (secondary N) is 1. The Morgan fingerprint density at radius 2 is 2.24 bits per heavy atom. The lowest BCUT2D eigenvalue weighted by atomic mass is 10.1. The second kappa shape index (κ2) is 4.73. The number of hydrogen-bond donors (Lipinski definition) is 2. The van der Waals surface area contributed by atoms with Crippen LogP contribution in [0.4, 0.5) is 10.1 Å². The van der Waals surface area contributed by atoms with Gasteiger partial charge in [-0.2, -0.15) is 0 Å². The van der Waals surface area contributed by atoms with Crippen molar-refractivity contribution in [2.45, 2.75) is 19.8 Å². The molecule has 3 N–H and O–H groups in total. The number of hydrogen-bond acceptors (Lipinski definition) is 2. The largest absolute Gasteiger partial charge is 0.384 e. The van der Waals surface area contributed by atoms with E-state index in [0.717, 1.165) is 24.7 Å². The van der Waals surface area contributed by atoms with Gasteiger partial charge in [-0.15, -0.1) is 0 Å². The van der Waals surface area contributed by atoms with Gasteiger partial charge in [0.2, 0.25) is 0 Å². The Kier molecular flexibility index (Phi) is 3.31. The molecule has 0 saturated heterocycles. The Morgan fingerprint density at radius 3 is 2.76 bits per heavy atom. The van der Waals surface area contributed by atoms with Gasteiger partial charge in [0, 0.05) is 24.3 Å². The summed E-state index contributed by atoms with van der Waals surface area (Å²) in [6.45, 7) is 3.89. The molecule has 1 aliphatic rings. The first-order valence-electron chi connectivity index (χ1n) is 6.00. The zero-order chi connectivity index (χ0) is 12.4. The third-order valence-electron chi connectivity index (χ3n) is 3.15. The van der Waals surface area contributed by atoms with E-state index in [1.54, 1.807) is 6.07 Å². The maximum atomic E-state index is 13.2. The van der Waals surface area contributed by atoms with Crippen LogP contribution in [0.5, 0.6) is 0 Å². The molecule has 0 aliphatic heterocycles. The normalized spacial score (nSPS) is 14.7. The van der Waals surface area contributed by atoms with Crippen molar-refractivity contribution in [1.29, 1.82) is 5.41 Å². The summed E-state index contributed by atoms with van der Waals surface area (Å²) >= 11 is 0. The lowest BCUT2D eigenvalue weighted by molar-refractivity contribution is 0.626. The summed E-state index contributed by atoms with van der Waals surface area (Å²) in [5, 5.41) is 7.52. The summed E-state index contributed by atoms with van der Waals surface area (Å²) in [5.41, 5.74) is 6.87. The molecule has 1 aromatic carbocycles. The zero-order valence-corrected chi connectivity index (χ0v) is 10.0. The van der Waals surface area contributed by atoms with Gasteiger partial charge in [-0.3, -0.25) is 5.41 Å². The summed E-state index contributed by atoms with van der Waals surface area (Å²) in [6.07, 6.45) is 2.54. The fraction of sp³-hybridized carbons (Fsp3) is 0.462. The van der Waals surface area contributed by atoms with Crippen LogP contribution < -0.4 is 10.6 Å². The van der Waals surface area contributed by atoms with Crippen molar-refractivity contribution in [2.24, 2.45) is 11.7 Å². The Morgan fingerprint density at radius 1 is 1.53 bits per heavy atom. The molecule has 0 spiro atoms. The third kappa shape index (κ3) is 2.75. The van der Waals surface area contributed by atoms with Gasteiger partial charge < -0.3 is 10.6 Å². The number of rotatable bonds is 5. The molecule has 92 valence electrons. The van der Waals surface area contributed by atoms with Crippen molar-refractivity contribution in [3.8, 4) is 0 Å². The molecule has 17 heavy (non-hydrogen) atoms. The second-order valence-corrected chi connectivity index (χ2v) is 4.56. The van der Waals surface area contributed by atoms with Gasteiger partial charge in [0.25, 0.3) is 0 Å². The van der Waals surface area contributed by atoms with Gasteiger partial charge in [0.15, 0.2) is 0 Å². The van der Waals surface area contributed by atoms with E-state index in [1.165, 1.54) is 25.0 Å². The number of benzene rings is 1. The first kappa shape index (κ1) is 11.9. The SMILES string of the molecule is CCN(CC1CC1)c1ccc(F)cc1C(=N)N. The molecule has 1 aliphatic carbocycles. The monoisotopic (exact) mass is 235 g/mol. The Labute approximate surface area is 101 Å². The van der Waals surface area contributed by atoms with Gasteiger partial charge in [-0.1, -0.05) is 0 Å². The number of anilines is 1. The van der Waals surface area contributed by atoms with Crippen molar-refractivity contribution in [3.63, 3.8) is 0 Å². The van der Waals surface area contributed by atoms with Crippen LogP contribution in [-0.4, -0.2) is 18.9 Å². The minimum absolute atomic E-state index is 0.0752. The molecule has 4 heteroatoms. The predicted octanol–water partition coefficient (Wildman–Crippen LogP) is 2.35. The van der Waals surface area contributed by atoms with E-state index in [9.17, 15) is 4.39 Å². The highest BCUT2D eigenvalue weighted by molar-refractivity contribution is 6.00. The van der Waals surface area contributed by atoms with E-state index in [4.69, 9.17) is 11.1 Å². The molecular formula is C13H18FN3. The third-order valence-corrected chi connectivity index (χ3v) is 3.15. The van der Waals surface area contributed by atoms with Crippen molar-refractivity contribution in [1.82, 2.24) is 0 Å². The van der Waals surface area contributed by atoms with Crippen LogP contribution in [0.1, 0.15) is 25.3 Å². The summed E-state index contributed by atoms with van der Waals surface area (Å²) in [7, 11) is 0. The molecule has 2 rings (SSSR count). The summed E-state index contributed by atoms with van der Waals surface area (Å²) in [4.78, 5) is 2.17. The van der Waals surface area contributed by atoms with Gasteiger partial charge in [0.05, 0.1) is 0 Å². The van der Waals surface area contributed by atoms with Crippen LogP contribution in [0.25, 0.3) is 0 Å². The van der Waals surface area contributed by atoms with E-state index < -0.39 is 0 Å². The van der Waals surface area contributed by atoms with Crippen molar-refractivity contribution in [2.75, 3.05) is 18.0 Å². The van der Waals surface area contributed by atoms with Gasteiger partial charge >= 0.3 is 0 Å². The van der Waals surface area contributed by atoms with E-state index in [1.807, 2.05) is 0 Å². The highest BCUT2D eigenvalue weighted by Gasteiger charge is 2.25. The van der Waals surface area contributed by atoms with Crippen LogP contribution in [0.2, 0.25) is 0 Å². The molecule has 0 radical (unpaired) electrons. The van der Waals surface area contributed by atoms with Crippen LogP contribution in [-0.2, 0) is 0 Å². The van der Waals surface area contributed by atoms with E-state index in [-0.39, 0.29) is 11.7 Å². The number of amidine groups is 1. The van der Waals surface area contributed by atoms with E-state index >= 15 is 0 Å². The Bertz CT molecular complexity index is 427. The number of nitrogens with two attached hydrogens (primary N) is 1. The average Bonchev–Trinajstić information content (AvgIpc) is 3.10. The average molecular weight is 235 g/mol. The number of nitrogen functional groups attached to an aromatic ring is 1. The van der Waals surface area contributed by atoms with Gasteiger partial charge in [-0.05, 0) is 43.9 Å². The van der Waals surface area contributed by atoms with Crippen LogP contribution in [0.15, 0.2) is 18.2 Å². The minimum atomic E-state index is -0.346. The first-order valence-corrected chi connectivity index (χ1v) is 6.00. The lowest BCUT2D eigenvalue weighted by Gasteiger charge is -2.25. The van der Waals surface area contributed by atoms with Gasteiger partial charge in [0.1, 0.15) is 11.7 Å². The maximum Gasteiger partial charge on any atom is 0.125 e. The second-order valence-electron chi connectivity index (χ2n) is 4.56. The molecule has 1 saturated carbocycles. The molecule has 1 fully saturated rings. The highest BCUT2D eigenvalue weighted by atomic mass is 19.1. The summed E-state index contributed by atoms with van der Waals surface area (Å²) in [5.74, 6) is 0.329. The van der Waals surface area contributed by atoms with Crippen molar-refractivity contribution < 1.29 is 4.39 Å². The predicted molar refractivity (Wildman–Crippen MR) is 68.0 cm³/mol. The molecule has 0 heterocycles. The standard InChI is InChI=1S/C13H18FN3/c1-2-17(8-9-3-4-9)12-6-5-10(14)7-11(12)13(15)16/h5-7,9H,2-4,8H2,1H3,(H3,15,16). The summed E-state index contributed by atoms with van der Waals surface area (Å²) in [6, 6.07) is 4.49. The van der Waals surface area contributed by atoms with Crippen LogP contribution >= 0.6 is 0 Å². The van der Waals surface area contributed by atoms with E-state index in [0.29, 0.717) is 5.56 Å². The molecule has 0 unspecified atom stereocenters. The lowest BCUT2D eigenvalue weighted by Crippen LogP contribution is -2.28. The summed E-state index contributed by atoms with van der Waals surface area (Å²) < 4.78 is 13.2. The Hall–Kier alpha value is -1.58. The molecule has 1 aromatic rings. The fourth-order valence-electron chi connectivity index (χ4n) is 2.01. The van der Waals surface area contributed by atoms with Crippen molar-refractivity contribution >= 4 is 11.5 Å². The van der Waals surface area contributed by atoms with Crippen LogP contribution in [0, 0.1) is 17.1 Å². The molecule has 0 aromatic heterocycles. The molecule has 0 bridgehead atoms. The quantitative estimate of drug-likeness (QED) is 0.608. The van der Waals surface area contributed by atoms with Crippen molar-refractivity contribution in [3.05, 3.63) is 29.6 Å². The first-order chi connectivity index (χ1) is 8.11. The fourth-order valence-corrected chi connectivity index (χ4v) is 2.01. The molecule has 0 amide bonds. The Balaban J connectivity index is 2.30. The minimum Gasteiger partial charge on any atom is -0.384 e.